The fourth-order valence-corrected chi connectivity index (χ4v) is 7.51. The van der Waals surface area contributed by atoms with Crippen LogP contribution in [0.4, 0.5) is 0 Å². The van der Waals surface area contributed by atoms with Crippen LogP contribution in [0.1, 0.15) is 109 Å². The Morgan fingerprint density at radius 2 is 1.86 bits per heavy atom. The van der Waals surface area contributed by atoms with E-state index in [0.29, 0.717) is 29.5 Å². The van der Waals surface area contributed by atoms with Gasteiger partial charge in [-0.05, 0) is 75.6 Å². The first kappa shape index (κ1) is 37.8. The maximum Gasteiger partial charge on any atom is 0.289 e. The van der Waals surface area contributed by atoms with E-state index in [4.69, 9.17) is 21.2 Å². The zero-order valence-corrected chi connectivity index (χ0v) is 31.0. The molecule has 0 unspecified atom stereocenters. The second kappa shape index (κ2) is 15.8. The number of hydrogen-bond acceptors (Lipinski definition) is 8. The van der Waals surface area contributed by atoms with Gasteiger partial charge in [-0.25, -0.2) is 0 Å². The molecule has 3 N–H and O–H groups in total. The number of nitrogens with one attached hydrogen (secondary N) is 3. The van der Waals surface area contributed by atoms with Crippen LogP contribution < -0.4 is 16.0 Å². The maximum absolute atomic E-state index is 14.8. The maximum atomic E-state index is 14.8. The highest BCUT2D eigenvalue weighted by Gasteiger charge is 2.56. The molecule has 1 aromatic carbocycles. The molecule has 1 aromatic rings. The second-order valence-electron chi connectivity index (χ2n) is 15.3. The Balaban J connectivity index is 1.40. The van der Waals surface area contributed by atoms with Crippen molar-refractivity contribution in [1.82, 2.24) is 20.9 Å². The number of halogens is 1. The summed E-state index contributed by atoms with van der Waals surface area (Å²) < 4.78 is 5.87. The Labute approximate surface area is 301 Å². The fraction of sp³-hybridized carbons (Fsp3) is 0.658. The summed E-state index contributed by atoms with van der Waals surface area (Å²) in [5, 5.41) is 14.1. The van der Waals surface area contributed by atoms with Crippen molar-refractivity contribution < 1.29 is 28.8 Å². The van der Waals surface area contributed by atoms with Crippen LogP contribution in [0.3, 0.4) is 0 Å². The van der Waals surface area contributed by atoms with E-state index in [1.165, 1.54) is 24.2 Å². The van der Waals surface area contributed by atoms with Gasteiger partial charge in [0.1, 0.15) is 12.1 Å². The largest absolute Gasteiger partial charge is 0.387 e. The van der Waals surface area contributed by atoms with Gasteiger partial charge in [0.05, 0.1) is 23.9 Å². The number of nitrogens with zero attached hydrogens (tertiary/aromatic N) is 2. The van der Waals surface area contributed by atoms with Gasteiger partial charge in [-0.2, -0.15) is 0 Å². The third kappa shape index (κ3) is 8.88. The van der Waals surface area contributed by atoms with Crippen molar-refractivity contribution in [2.24, 2.45) is 11.1 Å². The number of methoxy groups -OCH3 is 1. The number of likely N-dealkylation sites (tertiary alicyclic amines) is 1. The minimum absolute atomic E-state index is 0.00630. The van der Waals surface area contributed by atoms with Crippen LogP contribution in [-0.2, 0) is 28.8 Å². The average Bonchev–Trinajstić information content (AvgIpc) is 3.69. The van der Waals surface area contributed by atoms with Crippen molar-refractivity contribution >= 4 is 40.8 Å². The standard InChI is InChI=1S/C38H54ClN5O6/c1-7-11-29(32(45)35(47)41-27-15-16-27)42-34(46)31-21-38(20-30(43-50-38)26-14-17-28(39)23(2)18-26)22-44(31)36(48)33(37(4,5)49-6)40-24(3)19-25-12-9-8-10-13-25/h14,17-18,25,27,29,31,33,40H,3,7-13,15-16,19-22H2,1-2,4-6H3,(H,41,47)(H,42,46)/t29-,31-,33+,38+/m0/s1. The van der Waals surface area contributed by atoms with Crippen LogP contribution in [0, 0.1) is 12.8 Å². The van der Waals surface area contributed by atoms with E-state index in [9.17, 15) is 19.2 Å². The molecule has 274 valence electrons. The number of Topliss-reactive ketones (excluding diaryl/α,β-unsaturated/α-hetero) is 1. The molecule has 0 radical (unpaired) electrons. The van der Waals surface area contributed by atoms with Gasteiger partial charge in [0.2, 0.25) is 17.6 Å². The van der Waals surface area contributed by atoms with Crippen molar-refractivity contribution in [3.8, 4) is 0 Å². The number of oxime groups is 1. The van der Waals surface area contributed by atoms with Crippen LogP contribution in [0.25, 0.3) is 0 Å². The highest BCUT2D eigenvalue weighted by Crippen LogP contribution is 2.40. The number of allylic oxidation sites excluding steroid dienone is 1. The number of amides is 3. The highest BCUT2D eigenvalue weighted by molar-refractivity contribution is 6.38. The van der Waals surface area contributed by atoms with E-state index < -0.39 is 46.9 Å². The Morgan fingerprint density at radius 3 is 2.50 bits per heavy atom. The Morgan fingerprint density at radius 1 is 1.14 bits per heavy atom. The zero-order chi connectivity index (χ0) is 36.2. The van der Waals surface area contributed by atoms with Crippen LogP contribution >= 0.6 is 11.6 Å². The lowest BCUT2D eigenvalue weighted by Gasteiger charge is -2.38. The SMILES string of the molecule is C=C(CC1CCCCC1)N[C@H](C(=O)N1C[C@@]2(CC(c3ccc(Cl)c(C)c3)=NO2)C[C@H]1C(=O)N[C@@H](CCC)C(=O)C(=O)NC1CC1)C(C)(C)OC. The normalized spacial score (nSPS) is 23.5. The predicted octanol–water partition coefficient (Wildman–Crippen LogP) is 5.11. The number of carbonyl (C=O) groups excluding carboxylic acids is 4. The molecule has 3 amide bonds. The van der Waals surface area contributed by atoms with E-state index in [-0.39, 0.29) is 31.3 Å². The van der Waals surface area contributed by atoms with Crippen molar-refractivity contribution in [2.45, 2.75) is 140 Å². The summed E-state index contributed by atoms with van der Waals surface area (Å²) in [6.07, 6.45) is 9.70. The van der Waals surface area contributed by atoms with Crippen molar-refractivity contribution in [3.05, 3.63) is 46.6 Å². The third-order valence-electron chi connectivity index (χ3n) is 10.7. The summed E-state index contributed by atoms with van der Waals surface area (Å²) in [5.41, 5.74) is 1.26. The van der Waals surface area contributed by atoms with Crippen LogP contribution in [0.5, 0.6) is 0 Å². The second-order valence-corrected chi connectivity index (χ2v) is 15.7. The van der Waals surface area contributed by atoms with Gasteiger partial charge in [0.15, 0.2) is 5.60 Å². The molecule has 0 aromatic heterocycles. The molecule has 2 saturated carbocycles. The van der Waals surface area contributed by atoms with Gasteiger partial charge >= 0.3 is 0 Å². The average molecular weight is 712 g/mol. The lowest BCUT2D eigenvalue weighted by atomic mass is 9.86. The number of ether oxygens (including phenoxy) is 1. The van der Waals surface area contributed by atoms with Crippen LogP contribution in [-0.4, -0.2) is 83.1 Å². The minimum Gasteiger partial charge on any atom is -0.387 e. The lowest BCUT2D eigenvalue weighted by molar-refractivity contribution is -0.147. The quantitative estimate of drug-likeness (QED) is 0.215. The van der Waals surface area contributed by atoms with E-state index >= 15 is 0 Å². The molecule has 5 rings (SSSR count). The van der Waals surface area contributed by atoms with Gasteiger partial charge in [0, 0.05) is 36.7 Å². The van der Waals surface area contributed by atoms with Crippen molar-refractivity contribution in [2.75, 3.05) is 13.7 Å². The first-order chi connectivity index (χ1) is 23.8. The van der Waals surface area contributed by atoms with Gasteiger partial charge < -0.3 is 30.4 Å². The Kier molecular flexibility index (Phi) is 12.0. The molecule has 2 aliphatic carbocycles. The first-order valence-electron chi connectivity index (χ1n) is 18.2. The molecular formula is C38H54ClN5O6. The first-order valence-corrected chi connectivity index (χ1v) is 18.6. The minimum atomic E-state index is -1.02. The highest BCUT2D eigenvalue weighted by atomic mass is 35.5. The van der Waals surface area contributed by atoms with Crippen LogP contribution in [0.2, 0.25) is 5.02 Å². The fourth-order valence-electron chi connectivity index (χ4n) is 7.40. The molecule has 1 spiro atoms. The molecule has 3 fully saturated rings. The number of carbonyl (C=O) groups is 4. The molecular weight excluding hydrogens is 658 g/mol. The molecule has 4 aliphatic rings. The third-order valence-corrected chi connectivity index (χ3v) is 11.2. The number of aryl methyl sites for hydroxylation is 1. The molecule has 2 aliphatic heterocycles. The van der Waals surface area contributed by atoms with Gasteiger partial charge in [-0.3, -0.25) is 19.2 Å². The predicted molar refractivity (Wildman–Crippen MR) is 193 cm³/mol. The smallest absolute Gasteiger partial charge is 0.289 e. The molecule has 12 heteroatoms. The van der Waals surface area contributed by atoms with E-state index in [1.54, 1.807) is 7.11 Å². The number of ketones is 1. The molecule has 0 bridgehead atoms. The van der Waals surface area contributed by atoms with Crippen molar-refractivity contribution in [1.29, 1.82) is 0 Å². The summed E-state index contributed by atoms with van der Waals surface area (Å²) in [5.74, 6) is -1.74. The molecule has 50 heavy (non-hydrogen) atoms. The lowest BCUT2D eigenvalue weighted by Crippen LogP contribution is -2.61. The summed E-state index contributed by atoms with van der Waals surface area (Å²) in [7, 11) is 1.56. The van der Waals surface area contributed by atoms with Gasteiger partial charge in [0.25, 0.3) is 5.91 Å². The number of hydrogen-bond donors (Lipinski definition) is 3. The van der Waals surface area contributed by atoms with E-state index in [0.717, 1.165) is 48.9 Å². The van der Waals surface area contributed by atoms with E-state index in [1.807, 2.05) is 45.9 Å². The number of rotatable bonds is 15. The van der Waals surface area contributed by atoms with Crippen LogP contribution in [0.15, 0.2) is 35.6 Å². The van der Waals surface area contributed by atoms with Crippen molar-refractivity contribution in [3.63, 3.8) is 0 Å². The monoisotopic (exact) mass is 711 g/mol. The summed E-state index contributed by atoms with van der Waals surface area (Å²) in [6.45, 7) is 11.9. The molecule has 11 nitrogen and oxygen atoms in total. The molecule has 1 saturated heterocycles. The molecule has 2 heterocycles. The summed E-state index contributed by atoms with van der Waals surface area (Å²) >= 11 is 6.29. The molecule has 4 atom stereocenters. The zero-order valence-electron chi connectivity index (χ0n) is 30.2. The van der Waals surface area contributed by atoms with Gasteiger partial charge in [-0.1, -0.05) is 74.9 Å². The Hall–Kier alpha value is -3.44. The van der Waals surface area contributed by atoms with E-state index in [2.05, 4.69) is 27.7 Å². The summed E-state index contributed by atoms with van der Waals surface area (Å²) in [6, 6.07) is 2.76. The van der Waals surface area contributed by atoms with Gasteiger partial charge in [-0.15, -0.1) is 0 Å². The summed E-state index contributed by atoms with van der Waals surface area (Å²) in [4.78, 5) is 62.7. The number of benzene rings is 1. The Bertz CT molecular complexity index is 1500. The topological polar surface area (TPSA) is 138 Å².